The third-order valence-corrected chi connectivity index (χ3v) is 5.48. The maximum Gasteiger partial charge on any atom is 0.231 e. The first-order valence-corrected chi connectivity index (χ1v) is 9.49. The van der Waals surface area contributed by atoms with E-state index in [0.29, 0.717) is 24.0 Å². The van der Waals surface area contributed by atoms with E-state index >= 15 is 0 Å². The van der Waals surface area contributed by atoms with Gasteiger partial charge < -0.3 is 14.4 Å². The highest BCUT2D eigenvalue weighted by Gasteiger charge is 2.18. The minimum absolute atomic E-state index is 0.0334. The van der Waals surface area contributed by atoms with Gasteiger partial charge in [0.05, 0.1) is 5.52 Å². The molecular formula is C22H21ClN2O3. The van der Waals surface area contributed by atoms with Crippen molar-refractivity contribution in [3.63, 3.8) is 0 Å². The summed E-state index contributed by atoms with van der Waals surface area (Å²) >= 11 is 6.47. The van der Waals surface area contributed by atoms with Crippen molar-refractivity contribution in [2.45, 2.75) is 33.9 Å². The van der Waals surface area contributed by atoms with Gasteiger partial charge in [0.25, 0.3) is 0 Å². The van der Waals surface area contributed by atoms with Gasteiger partial charge in [-0.05, 0) is 48.7 Å². The second-order valence-electron chi connectivity index (χ2n) is 7.08. The molecule has 28 heavy (non-hydrogen) atoms. The van der Waals surface area contributed by atoms with Crippen LogP contribution in [-0.4, -0.2) is 22.6 Å². The van der Waals surface area contributed by atoms with Crippen molar-refractivity contribution in [3.05, 3.63) is 63.8 Å². The van der Waals surface area contributed by atoms with Crippen molar-refractivity contribution in [3.8, 4) is 11.5 Å². The smallest absolute Gasteiger partial charge is 0.231 e. The minimum Gasteiger partial charge on any atom is -0.454 e. The van der Waals surface area contributed by atoms with E-state index in [0.717, 1.165) is 33.3 Å². The average molecular weight is 397 g/mol. The second-order valence-corrected chi connectivity index (χ2v) is 7.44. The summed E-state index contributed by atoms with van der Waals surface area (Å²) < 4.78 is 10.8. The molecule has 0 N–H and O–H groups in total. The molecule has 0 saturated carbocycles. The van der Waals surface area contributed by atoms with Crippen LogP contribution in [0.1, 0.15) is 29.2 Å². The Hall–Kier alpha value is -2.79. The number of aryl methyl sites for hydroxylation is 2. The van der Waals surface area contributed by atoms with Gasteiger partial charge >= 0.3 is 0 Å². The van der Waals surface area contributed by atoms with Crippen LogP contribution in [0.5, 0.6) is 11.5 Å². The summed E-state index contributed by atoms with van der Waals surface area (Å²) in [7, 11) is 0. The highest BCUT2D eigenvalue weighted by Crippen LogP contribution is 2.33. The van der Waals surface area contributed by atoms with E-state index in [4.69, 9.17) is 21.1 Å². The number of aromatic nitrogens is 1. The molecule has 0 bridgehead atoms. The zero-order chi connectivity index (χ0) is 19.8. The van der Waals surface area contributed by atoms with Gasteiger partial charge in [0.2, 0.25) is 12.7 Å². The molecule has 0 radical (unpaired) electrons. The number of fused-ring (bicyclic) bond motifs is 2. The van der Waals surface area contributed by atoms with Crippen LogP contribution < -0.4 is 9.47 Å². The third kappa shape index (κ3) is 3.50. The molecule has 0 aliphatic carbocycles. The van der Waals surface area contributed by atoms with E-state index in [9.17, 15) is 4.79 Å². The lowest BCUT2D eigenvalue weighted by atomic mass is 10.0. The van der Waals surface area contributed by atoms with Crippen LogP contribution in [0.2, 0.25) is 5.15 Å². The highest BCUT2D eigenvalue weighted by molar-refractivity contribution is 6.30. The van der Waals surface area contributed by atoms with Crippen molar-refractivity contribution in [2.75, 3.05) is 6.79 Å². The van der Waals surface area contributed by atoms with Crippen LogP contribution in [0.4, 0.5) is 0 Å². The monoisotopic (exact) mass is 396 g/mol. The number of hydrogen-bond donors (Lipinski definition) is 0. The van der Waals surface area contributed by atoms with Gasteiger partial charge in [-0.2, -0.15) is 0 Å². The van der Waals surface area contributed by atoms with E-state index in [1.165, 1.54) is 5.56 Å². The number of carbonyl (C=O) groups excluding carboxylic acids is 1. The van der Waals surface area contributed by atoms with Gasteiger partial charge in [0.1, 0.15) is 5.15 Å². The van der Waals surface area contributed by atoms with Gasteiger partial charge in [-0.3, -0.25) is 4.79 Å². The van der Waals surface area contributed by atoms with E-state index in [1.54, 1.807) is 11.8 Å². The van der Waals surface area contributed by atoms with Gasteiger partial charge in [-0.15, -0.1) is 0 Å². The Morgan fingerprint density at radius 1 is 1.11 bits per heavy atom. The first-order chi connectivity index (χ1) is 13.4. The van der Waals surface area contributed by atoms with Gasteiger partial charge in [0.15, 0.2) is 11.5 Å². The summed E-state index contributed by atoms with van der Waals surface area (Å²) in [5.74, 6) is 1.40. The summed E-state index contributed by atoms with van der Waals surface area (Å²) in [6.07, 6.45) is 0. The number of hydrogen-bond acceptors (Lipinski definition) is 4. The summed E-state index contributed by atoms with van der Waals surface area (Å²) in [4.78, 5) is 18.6. The number of nitrogens with zero attached hydrogens (tertiary/aromatic N) is 2. The quantitative estimate of drug-likeness (QED) is 0.595. The Morgan fingerprint density at radius 3 is 2.68 bits per heavy atom. The fraction of sp³-hybridized carbons (Fsp3) is 0.273. The molecule has 1 aliphatic heterocycles. The maximum absolute atomic E-state index is 12.3. The molecule has 4 rings (SSSR count). The molecule has 0 fully saturated rings. The number of benzene rings is 2. The lowest BCUT2D eigenvalue weighted by Crippen LogP contribution is -2.27. The largest absolute Gasteiger partial charge is 0.454 e. The Kier molecular flexibility index (Phi) is 4.85. The van der Waals surface area contributed by atoms with Crippen molar-refractivity contribution in [1.29, 1.82) is 0 Å². The molecule has 3 aromatic rings. The minimum atomic E-state index is -0.0334. The Morgan fingerprint density at radius 2 is 1.89 bits per heavy atom. The number of carbonyl (C=O) groups is 1. The van der Waals surface area contributed by atoms with Crippen LogP contribution in [0.25, 0.3) is 10.9 Å². The first-order valence-electron chi connectivity index (χ1n) is 9.12. The van der Waals surface area contributed by atoms with Crippen molar-refractivity contribution < 1.29 is 14.3 Å². The van der Waals surface area contributed by atoms with Crippen LogP contribution in [-0.2, 0) is 17.9 Å². The van der Waals surface area contributed by atoms with E-state index in [2.05, 4.69) is 18.0 Å². The van der Waals surface area contributed by atoms with Gasteiger partial charge in [-0.1, -0.05) is 29.8 Å². The van der Waals surface area contributed by atoms with Crippen LogP contribution in [0.15, 0.2) is 36.4 Å². The zero-order valence-corrected chi connectivity index (χ0v) is 16.8. The lowest BCUT2D eigenvalue weighted by Gasteiger charge is -2.22. The Bertz CT molecular complexity index is 1080. The summed E-state index contributed by atoms with van der Waals surface area (Å²) in [6, 6.07) is 11.9. The predicted octanol–water partition coefficient (Wildman–Crippen LogP) is 4.78. The molecule has 0 spiro atoms. The SMILES string of the molecule is CC(=O)N(Cc1ccc2c(c1)OCO2)Cc1cc2ccc(C)c(C)c2nc1Cl. The molecule has 1 aromatic heterocycles. The van der Waals surface area contributed by atoms with Crippen LogP contribution >= 0.6 is 11.6 Å². The summed E-state index contributed by atoms with van der Waals surface area (Å²) in [5, 5.41) is 1.45. The molecule has 2 heterocycles. The van der Waals surface area contributed by atoms with Crippen molar-refractivity contribution >= 4 is 28.4 Å². The van der Waals surface area contributed by atoms with E-state index in [1.807, 2.05) is 37.3 Å². The van der Waals surface area contributed by atoms with Gasteiger partial charge in [-0.25, -0.2) is 4.98 Å². The number of amides is 1. The van der Waals surface area contributed by atoms with Crippen LogP contribution in [0.3, 0.4) is 0 Å². The predicted molar refractivity (Wildman–Crippen MR) is 109 cm³/mol. The molecule has 0 atom stereocenters. The molecule has 144 valence electrons. The normalized spacial score (nSPS) is 12.4. The molecule has 5 nitrogen and oxygen atoms in total. The fourth-order valence-electron chi connectivity index (χ4n) is 3.36. The molecule has 0 saturated heterocycles. The average Bonchev–Trinajstić information content (AvgIpc) is 3.13. The summed E-state index contributed by atoms with van der Waals surface area (Å²) in [6.45, 7) is 6.73. The topological polar surface area (TPSA) is 51.7 Å². The Balaban J connectivity index is 1.62. The second kappa shape index (κ2) is 7.32. The first kappa shape index (κ1) is 18.6. The summed E-state index contributed by atoms with van der Waals surface area (Å²) in [5.41, 5.74) is 5.00. The van der Waals surface area contributed by atoms with Gasteiger partial charge in [0, 0.05) is 31.0 Å². The lowest BCUT2D eigenvalue weighted by molar-refractivity contribution is -0.130. The molecule has 0 unspecified atom stereocenters. The molecule has 6 heteroatoms. The van der Waals surface area contributed by atoms with Crippen LogP contribution in [0, 0.1) is 13.8 Å². The number of halogens is 1. The highest BCUT2D eigenvalue weighted by atomic mass is 35.5. The molecule has 1 amide bonds. The number of pyridine rings is 1. The Labute approximate surface area is 168 Å². The molecule has 1 aliphatic rings. The maximum atomic E-state index is 12.3. The van der Waals surface area contributed by atoms with E-state index < -0.39 is 0 Å². The number of ether oxygens (including phenoxy) is 2. The number of rotatable bonds is 4. The zero-order valence-electron chi connectivity index (χ0n) is 16.1. The standard InChI is InChI=1S/C22H21ClN2O3/c1-13-4-6-17-9-18(22(23)24-21(17)14(13)2)11-25(15(3)26)10-16-5-7-19-20(8-16)28-12-27-19/h4-9H,10-12H2,1-3H3. The van der Waals surface area contributed by atoms with E-state index in [-0.39, 0.29) is 12.7 Å². The third-order valence-electron chi connectivity index (χ3n) is 5.15. The fourth-order valence-corrected chi connectivity index (χ4v) is 3.56. The van der Waals surface area contributed by atoms with Crippen molar-refractivity contribution in [1.82, 2.24) is 9.88 Å². The van der Waals surface area contributed by atoms with Crippen molar-refractivity contribution in [2.24, 2.45) is 0 Å². The molecular weight excluding hydrogens is 376 g/mol. The molecule has 2 aromatic carbocycles.